The quantitative estimate of drug-likeness (QED) is 0.752. The van der Waals surface area contributed by atoms with E-state index in [2.05, 4.69) is 10.9 Å². The molecule has 2 N–H and O–H groups in total. The summed E-state index contributed by atoms with van der Waals surface area (Å²) < 4.78 is 10.8. The molecule has 0 aromatic heterocycles. The van der Waals surface area contributed by atoms with Crippen LogP contribution >= 0.6 is 23.2 Å². The van der Waals surface area contributed by atoms with Gasteiger partial charge in [-0.2, -0.15) is 0 Å². The van der Waals surface area contributed by atoms with Gasteiger partial charge >= 0.3 is 0 Å². The number of hydrogen-bond donors (Lipinski definition) is 2. The van der Waals surface area contributed by atoms with Gasteiger partial charge in [-0.25, -0.2) is 0 Å². The van der Waals surface area contributed by atoms with Crippen molar-refractivity contribution in [3.63, 3.8) is 0 Å². The SMILES string of the molecule is COc1cc(C(=O)NNC(=O)c2cccc(Cl)c2Cl)ccc1OC(C)C. The van der Waals surface area contributed by atoms with Crippen LogP contribution in [0.1, 0.15) is 34.6 Å². The molecule has 8 heteroatoms. The minimum atomic E-state index is -0.586. The van der Waals surface area contributed by atoms with E-state index in [9.17, 15) is 9.59 Å². The second-order valence-corrected chi connectivity index (χ2v) is 6.33. The predicted molar refractivity (Wildman–Crippen MR) is 100 cm³/mol. The van der Waals surface area contributed by atoms with Gasteiger partial charge in [0.25, 0.3) is 11.8 Å². The van der Waals surface area contributed by atoms with Gasteiger partial charge in [0.05, 0.1) is 28.8 Å². The van der Waals surface area contributed by atoms with E-state index in [4.69, 9.17) is 32.7 Å². The first-order valence-corrected chi connectivity index (χ1v) is 8.48. The molecule has 0 atom stereocenters. The fourth-order valence-corrected chi connectivity index (χ4v) is 2.48. The highest BCUT2D eigenvalue weighted by atomic mass is 35.5. The molecular formula is C18H18Cl2N2O4. The van der Waals surface area contributed by atoms with Gasteiger partial charge in [-0.3, -0.25) is 20.4 Å². The van der Waals surface area contributed by atoms with E-state index in [0.717, 1.165) is 0 Å². The summed E-state index contributed by atoms with van der Waals surface area (Å²) in [5.41, 5.74) is 5.05. The first kappa shape index (κ1) is 19.9. The van der Waals surface area contributed by atoms with Gasteiger partial charge in [0, 0.05) is 5.56 Å². The maximum atomic E-state index is 12.3. The Labute approximate surface area is 161 Å². The summed E-state index contributed by atoms with van der Waals surface area (Å²) in [7, 11) is 1.48. The van der Waals surface area contributed by atoms with Crippen molar-refractivity contribution in [1.82, 2.24) is 10.9 Å². The minimum absolute atomic E-state index is 0.0368. The Hall–Kier alpha value is -2.44. The van der Waals surface area contributed by atoms with Crippen molar-refractivity contribution in [2.45, 2.75) is 20.0 Å². The lowest BCUT2D eigenvalue weighted by Gasteiger charge is -2.14. The number of rotatable bonds is 5. The van der Waals surface area contributed by atoms with Gasteiger partial charge in [-0.05, 0) is 44.2 Å². The van der Waals surface area contributed by atoms with Crippen molar-refractivity contribution in [3.05, 3.63) is 57.6 Å². The molecule has 2 amide bonds. The number of benzene rings is 2. The van der Waals surface area contributed by atoms with Crippen LogP contribution in [0.3, 0.4) is 0 Å². The second kappa shape index (κ2) is 8.78. The molecule has 0 unspecified atom stereocenters. The third-order valence-corrected chi connectivity index (χ3v) is 4.09. The zero-order chi connectivity index (χ0) is 19.3. The summed E-state index contributed by atoms with van der Waals surface area (Å²) >= 11 is 11.9. The van der Waals surface area contributed by atoms with Crippen molar-refractivity contribution in [3.8, 4) is 11.5 Å². The monoisotopic (exact) mass is 396 g/mol. The average molecular weight is 397 g/mol. The molecule has 0 bridgehead atoms. The van der Waals surface area contributed by atoms with Gasteiger partial charge in [-0.1, -0.05) is 29.3 Å². The number of methoxy groups -OCH3 is 1. The van der Waals surface area contributed by atoms with E-state index >= 15 is 0 Å². The molecule has 6 nitrogen and oxygen atoms in total. The summed E-state index contributed by atoms with van der Waals surface area (Å²) in [6.07, 6.45) is -0.0368. The molecule has 0 radical (unpaired) electrons. The Balaban J connectivity index is 2.08. The molecule has 0 saturated carbocycles. The van der Waals surface area contributed by atoms with E-state index in [1.807, 2.05) is 13.8 Å². The van der Waals surface area contributed by atoms with Crippen LogP contribution in [0.5, 0.6) is 11.5 Å². The van der Waals surface area contributed by atoms with Gasteiger partial charge in [0.1, 0.15) is 0 Å². The van der Waals surface area contributed by atoms with Crippen LogP contribution in [0.25, 0.3) is 0 Å². The van der Waals surface area contributed by atoms with Crippen LogP contribution in [-0.4, -0.2) is 25.0 Å². The lowest BCUT2D eigenvalue weighted by molar-refractivity contribution is 0.0846. The number of nitrogens with one attached hydrogen (secondary N) is 2. The van der Waals surface area contributed by atoms with E-state index in [0.29, 0.717) is 11.5 Å². The normalized spacial score (nSPS) is 10.4. The van der Waals surface area contributed by atoms with Crippen LogP contribution in [0.2, 0.25) is 10.0 Å². The number of hydrogen-bond acceptors (Lipinski definition) is 4. The Bertz CT molecular complexity index is 825. The molecule has 2 rings (SSSR count). The van der Waals surface area contributed by atoms with Crippen molar-refractivity contribution in [2.24, 2.45) is 0 Å². The van der Waals surface area contributed by atoms with Crippen LogP contribution in [-0.2, 0) is 0 Å². The summed E-state index contributed by atoms with van der Waals surface area (Å²) in [4.78, 5) is 24.4. The summed E-state index contributed by atoms with van der Waals surface area (Å²) in [5.74, 6) is -0.173. The third kappa shape index (κ3) is 4.80. The Morgan fingerprint density at radius 2 is 1.69 bits per heavy atom. The van der Waals surface area contributed by atoms with Crippen molar-refractivity contribution in [2.75, 3.05) is 7.11 Å². The average Bonchev–Trinajstić information content (AvgIpc) is 2.61. The van der Waals surface area contributed by atoms with E-state index in [-0.39, 0.29) is 27.3 Å². The Morgan fingerprint density at radius 3 is 2.35 bits per heavy atom. The first-order valence-electron chi connectivity index (χ1n) is 7.73. The van der Waals surface area contributed by atoms with Gasteiger partial charge in [0.2, 0.25) is 0 Å². The van der Waals surface area contributed by atoms with Crippen LogP contribution in [0.4, 0.5) is 0 Å². The van der Waals surface area contributed by atoms with Gasteiger partial charge < -0.3 is 9.47 Å². The molecule has 2 aromatic rings. The van der Waals surface area contributed by atoms with E-state index < -0.39 is 11.8 Å². The maximum absolute atomic E-state index is 12.3. The summed E-state index contributed by atoms with van der Waals surface area (Å²) in [6, 6.07) is 9.36. The highest BCUT2D eigenvalue weighted by molar-refractivity contribution is 6.43. The predicted octanol–water partition coefficient (Wildman–Crippen LogP) is 3.86. The number of ether oxygens (including phenoxy) is 2. The largest absolute Gasteiger partial charge is 0.493 e. The molecule has 26 heavy (non-hydrogen) atoms. The minimum Gasteiger partial charge on any atom is -0.493 e. The fraction of sp³-hybridized carbons (Fsp3) is 0.222. The lowest BCUT2D eigenvalue weighted by atomic mass is 10.2. The standard InChI is InChI=1S/C18H18Cl2N2O4/c1-10(2)26-14-8-7-11(9-15(14)25-3)17(23)21-22-18(24)12-5-4-6-13(19)16(12)20/h4-10H,1-3H3,(H,21,23)(H,22,24). The topological polar surface area (TPSA) is 76.7 Å². The molecule has 0 saturated heterocycles. The van der Waals surface area contributed by atoms with Crippen LogP contribution in [0.15, 0.2) is 36.4 Å². The number of halogens is 2. The molecule has 0 aliphatic carbocycles. The number of amides is 2. The molecule has 0 aliphatic rings. The molecule has 0 fully saturated rings. The lowest BCUT2D eigenvalue weighted by Crippen LogP contribution is -2.41. The maximum Gasteiger partial charge on any atom is 0.271 e. The smallest absolute Gasteiger partial charge is 0.271 e. The van der Waals surface area contributed by atoms with Crippen molar-refractivity contribution >= 4 is 35.0 Å². The number of hydrazine groups is 1. The molecule has 0 heterocycles. The van der Waals surface area contributed by atoms with Gasteiger partial charge in [0.15, 0.2) is 11.5 Å². The zero-order valence-corrected chi connectivity index (χ0v) is 15.9. The summed E-state index contributed by atoms with van der Waals surface area (Å²) in [5, 5.41) is 0.355. The van der Waals surface area contributed by atoms with E-state index in [1.54, 1.807) is 24.3 Å². The summed E-state index contributed by atoms with van der Waals surface area (Å²) in [6.45, 7) is 3.77. The molecule has 2 aromatic carbocycles. The molecule has 0 spiro atoms. The number of carbonyl (C=O) groups excluding carboxylic acids is 2. The molecular weight excluding hydrogens is 379 g/mol. The van der Waals surface area contributed by atoms with E-state index in [1.165, 1.54) is 19.2 Å². The highest BCUT2D eigenvalue weighted by Crippen LogP contribution is 2.29. The fourth-order valence-electron chi connectivity index (χ4n) is 2.09. The highest BCUT2D eigenvalue weighted by Gasteiger charge is 2.15. The van der Waals surface area contributed by atoms with Crippen LogP contribution < -0.4 is 20.3 Å². The van der Waals surface area contributed by atoms with Crippen LogP contribution in [0, 0.1) is 0 Å². The third-order valence-electron chi connectivity index (χ3n) is 3.27. The van der Waals surface area contributed by atoms with Crippen molar-refractivity contribution < 1.29 is 19.1 Å². The molecule has 138 valence electrons. The van der Waals surface area contributed by atoms with Crippen molar-refractivity contribution in [1.29, 1.82) is 0 Å². The number of carbonyl (C=O) groups is 2. The second-order valence-electron chi connectivity index (χ2n) is 5.54. The Morgan fingerprint density at radius 1 is 1.00 bits per heavy atom. The first-order chi connectivity index (χ1) is 12.3. The Kier molecular flexibility index (Phi) is 6.71. The molecule has 0 aliphatic heterocycles. The van der Waals surface area contributed by atoms with Gasteiger partial charge in [-0.15, -0.1) is 0 Å². The zero-order valence-electron chi connectivity index (χ0n) is 14.4.